The summed E-state index contributed by atoms with van der Waals surface area (Å²) in [5.74, 6) is -0.971. The predicted octanol–water partition coefficient (Wildman–Crippen LogP) is 1.49. The molecule has 0 saturated heterocycles. The Kier molecular flexibility index (Phi) is 5.62. The minimum atomic E-state index is -0.881. The Morgan fingerprint density at radius 3 is 2.60 bits per heavy atom. The summed E-state index contributed by atoms with van der Waals surface area (Å²) >= 11 is 1.17. The quantitative estimate of drug-likeness (QED) is 0.778. The standard InChI is InChI=1S/C13H21N3O3S/c1-13(2,3)9-7-15-12(20-8-11(18)19)16(9)6-5-10(17)14-4/h7H,5-6,8H2,1-4H3,(H,14,17)(H,18,19). The maximum atomic E-state index is 11.4. The molecule has 1 heterocycles. The second-order valence-electron chi connectivity index (χ2n) is 5.43. The number of carbonyl (C=O) groups excluding carboxylic acids is 1. The van der Waals surface area contributed by atoms with Gasteiger partial charge in [0, 0.05) is 37.3 Å². The third-order valence-corrected chi connectivity index (χ3v) is 3.73. The van der Waals surface area contributed by atoms with Crippen molar-refractivity contribution in [3.05, 3.63) is 11.9 Å². The molecule has 1 aromatic rings. The molecule has 0 aromatic carbocycles. The summed E-state index contributed by atoms with van der Waals surface area (Å²) in [4.78, 5) is 26.4. The lowest BCUT2D eigenvalue weighted by atomic mass is 9.92. The third kappa shape index (κ3) is 4.56. The van der Waals surface area contributed by atoms with Crippen molar-refractivity contribution < 1.29 is 14.7 Å². The summed E-state index contributed by atoms with van der Waals surface area (Å²) in [6.45, 7) is 6.68. The molecule has 0 aliphatic carbocycles. The highest BCUT2D eigenvalue weighted by molar-refractivity contribution is 7.99. The molecule has 2 N–H and O–H groups in total. The van der Waals surface area contributed by atoms with E-state index in [2.05, 4.69) is 31.1 Å². The third-order valence-electron chi connectivity index (χ3n) is 2.75. The molecule has 0 aliphatic rings. The van der Waals surface area contributed by atoms with Crippen LogP contribution in [0.15, 0.2) is 11.4 Å². The zero-order valence-corrected chi connectivity index (χ0v) is 13.1. The van der Waals surface area contributed by atoms with Gasteiger partial charge in [0.05, 0.1) is 5.75 Å². The topological polar surface area (TPSA) is 84.2 Å². The summed E-state index contributed by atoms with van der Waals surface area (Å²) in [6.07, 6.45) is 2.10. The molecule has 0 bridgehead atoms. The molecule has 0 fully saturated rings. The van der Waals surface area contributed by atoms with Crippen molar-refractivity contribution in [2.24, 2.45) is 0 Å². The molecule has 6 nitrogen and oxygen atoms in total. The lowest BCUT2D eigenvalue weighted by Gasteiger charge is -2.21. The molecule has 0 atom stereocenters. The van der Waals surface area contributed by atoms with Crippen molar-refractivity contribution in [3.8, 4) is 0 Å². The van der Waals surface area contributed by atoms with Gasteiger partial charge in [-0.05, 0) is 0 Å². The van der Waals surface area contributed by atoms with E-state index in [1.54, 1.807) is 13.2 Å². The molecule has 0 radical (unpaired) electrons. The fraction of sp³-hybridized carbons (Fsp3) is 0.615. The van der Waals surface area contributed by atoms with Gasteiger partial charge < -0.3 is 15.0 Å². The first-order valence-electron chi connectivity index (χ1n) is 6.37. The number of imidazole rings is 1. The van der Waals surface area contributed by atoms with E-state index in [4.69, 9.17) is 5.11 Å². The fourth-order valence-corrected chi connectivity index (χ4v) is 2.48. The van der Waals surface area contributed by atoms with Crippen molar-refractivity contribution in [2.75, 3.05) is 12.8 Å². The van der Waals surface area contributed by atoms with Gasteiger partial charge in [-0.25, -0.2) is 4.98 Å². The molecule has 112 valence electrons. The van der Waals surface area contributed by atoms with Crippen LogP contribution in [0.4, 0.5) is 0 Å². The van der Waals surface area contributed by atoms with Crippen LogP contribution in [0.25, 0.3) is 0 Å². The van der Waals surface area contributed by atoms with Gasteiger partial charge in [-0.2, -0.15) is 0 Å². The molecule has 1 rings (SSSR count). The van der Waals surface area contributed by atoms with Crippen LogP contribution < -0.4 is 5.32 Å². The number of hydrogen-bond donors (Lipinski definition) is 2. The number of carboxylic acids is 1. The first kappa shape index (κ1) is 16.6. The predicted molar refractivity (Wildman–Crippen MR) is 78.0 cm³/mol. The highest BCUT2D eigenvalue weighted by Crippen LogP contribution is 2.27. The summed E-state index contributed by atoms with van der Waals surface area (Å²) in [5.41, 5.74) is 0.881. The van der Waals surface area contributed by atoms with Crippen LogP contribution in [-0.4, -0.2) is 39.3 Å². The van der Waals surface area contributed by atoms with E-state index < -0.39 is 5.97 Å². The number of carbonyl (C=O) groups is 2. The van der Waals surface area contributed by atoms with Gasteiger partial charge in [-0.1, -0.05) is 32.5 Å². The van der Waals surface area contributed by atoms with Crippen LogP contribution in [0, 0.1) is 0 Å². The summed E-state index contributed by atoms with van der Waals surface area (Å²) in [7, 11) is 1.60. The van der Waals surface area contributed by atoms with E-state index in [1.807, 2.05) is 4.57 Å². The first-order valence-corrected chi connectivity index (χ1v) is 7.35. The van der Waals surface area contributed by atoms with Crippen molar-refractivity contribution in [2.45, 2.75) is 44.3 Å². The smallest absolute Gasteiger partial charge is 0.313 e. The average Bonchev–Trinajstić information content (AvgIpc) is 2.76. The van der Waals surface area contributed by atoms with Gasteiger partial charge in [0.1, 0.15) is 0 Å². The van der Waals surface area contributed by atoms with Crippen molar-refractivity contribution in [1.29, 1.82) is 0 Å². The van der Waals surface area contributed by atoms with Crippen LogP contribution >= 0.6 is 11.8 Å². The van der Waals surface area contributed by atoms with Crippen LogP contribution in [0.5, 0.6) is 0 Å². The average molecular weight is 299 g/mol. The number of amides is 1. The molecule has 0 saturated carbocycles. The lowest BCUT2D eigenvalue weighted by molar-refractivity contribution is -0.134. The van der Waals surface area contributed by atoms with Gasteiger partial charge in [0.2, 0.25) is 5.91 Å². The Morgan fingerprint density at radius 2 is 2.10 bits per heavy atom. The minimum absolute atomic E-state index is 0.0411. The second-order valence-corrected chi connectivity index (χ2v) is 6.38. The van der Waals surface area contributed by atoms with Gasteiger partial charge >= 0.3 is 5.97 Å². The Labute approximate surface area is 123 Å². The maximum absolute atomic E-state index is 11.4. The summed E-state index contributed by atoms with van der Waals surface area (Å²) in [5, 5.41) is 12.0. The van der Waals surface area contributed by atoms with E-state index in [0.717, 1.165) is 5.69 Å². The number of rotatable bonds is 6. The molecular formula is C13H21N3O3S. The summed E-state index contributed by atoms with van der Waals surface area (Å²) in [6, 6.07) is 0. The number of nitrogens with one attached hydrogen (secondary N) is 1. The number of nitrogens with zero attached hydrogens (tertiary/aromatic N) is 2. The van der Waals surface area contributed by atoms with Crippen LogP contribution in [-0.2, 0) is 21.5 Å². The number of carboxylic acid groups (broad SMARTS) is 1. The molecular weight excluding hydrogens is 278 g/mol. The molecule has 0 unspecified atom stereocenters. The normalized spacial score (nSPS) is 11.4. The second kappa shape index (κ2) is 6.78. The van der Waals surface area contributed by atoms with E-state index in [0.29, 0.717) is 18.1 Å². The maximum Gasteiger partial charge on any atom is 0.313 e. The Balaban J connectivity index is 2.96. The number of thioether (sulfide) groups is 1. The van der Waals surface area contributed by atoms with Gasteiger partial charge in [-0.3, -0.25) is 9.59 Å². The summed E-state index contributed by atoms with van der Waals surface area (Å²) < 4.78 is 1.93. The fourth-order valence-electron chi connectivity index (χ4n) is 1.75. The molecule has 20 heavy (non-hydrogen) atoms. The van der Waals surface area contributed by atoms with E-state index >= 15 is 0 Å². The SMILES string of the molecule is CNC(=O)CCn1c(C(C)(C)C)cnc1SCC(=O)O. The molecule has 1 aromatic heterocycles. The van der Waals surface area contributed by atoms with Gasteiger partial charge in [0.25, 0.3) is 0 Å². The highest BCUT2D eigenvalue weighted by atomic mass is 32.2. The van der Waals surface area contributed by atoms with Crippen LogP contribution in [0.2, 0.25) is 0 Å². The molecule has 0 aliphatic heterocycles. The highest BCUT2D eigenvalue weighted by Gasteiger charge is 2.22. The zero-order valence-electron chi connectivity index (χ0n) is 12.3. The Bertz CT molecular complexity index is 492. The zero-order chi connectivity index (χ0) is 15.3. The van der Waals surface area contributed by atoms with E-state index in [-0.39, 0.29) is 17.1 Å². The Morgan fingerprint density at radius 1 is 1.45 bits per heavy atom. The molecule has 1 amide bonds. The Hall–Kier alpha value is -1.50. The minimum Gasteiger partial charge on any atom is -0.481 e. The van der Waals surface area contributed by atoms with Crippen LogP contribution in [0.1, 0.15) is 32.9 Å². The van der Waals surface area contributed by atoms with Crippen molar-refractivity contribution in [1.82, 2.24) is 14.9 Å². The number of aliphatic carboxylic acids is 1. The lowest BCUT2D eigenvalue weighted by Crippen LogP contribution is -2.23. The first-order chi connectivity index (χ1) is 9.25. The largest absolute Gasteiger partial charge is 0.481 e. The van der Waals surface area contributed by atoms with Crippen LogP contribution in [0.3, 0.4) is 0 Å². The van der Waals surface area contributed by atoms with Crippen molar-refractivity contribution >= 4 is 23.6 Å². The van der Waals surface area contributed by atoms with Gasteiger partial charge in [0.15, 0.2) is 5.16 Å². The van der Waals surface area contributed by atoms with E-state index in [1.165, 1.54) is 11.8 Å². The number of hydrogen-bond acceptors (Lipinski definition) is 4. The monoisotopic (exact) mass is 299 g/mol. The van der Waals surface area contributed by atoms with E-state index in [9.17, 15) is 9.59 Å². The number of aromatic nitrogens is 2. The van der Waals surface area contributed by atoms with Gasteiger partial charge in [-0.15, -0.1) is 0 Å². The molecule has 7 heteroatoms. The van der Waals surface area contributed by atoms with Crippen molar-refractivity contribution in [3.63, 3.8) is 0 Å². The molecule has 0 spiro atoms.